The Balaban J connectivity index is 2.26. The standard InChI is InChI=1S/C16H20/c1-13(14-9-5-4-6-10-14)15-11-7-8-12-16(15,2)3/h4-13,15H,1-3H3. The normalized spacial score (nSPS) is 24.3. The molecule has 0 nitrogen and oxygen atoms in total. The first-order valence-corrected chi connectivity index (χ1v) is 6.02. The lowest BCUT2D eigenvalue weighted by Gasteiger charge is -2.36. The molecule has 0 heteroatoms. The molecule has 1 aromatic carbocycles. The van der Waals surface area contributed by atoms with Gasteiger partial charge in [0.1, 0.15) is 0 Å². The summed E-state index contributed by atoms with van der Waals surface area (Å²) in [6.45, 7) is 6.96. The van der Waals surface area contributed by atoms with Crippen LogP contribution in [-0.4, -0.2) is 0 Å². The maximum absolute atomic E-state index is 2.34. The van der Waals surface area contributed by atoms with Gasteiger partial charge in [0, 0.05) is 0 Å². The average molecular weight is 212 g/mol. The van der Waals surface area contributed by atoms with Crippen molar-refractivity contribution in [1.29, 1.82) is 0 Å². The lowest BCUT2D eigenvalue weighted by atomic mass is 9.68. The Morgan fingerprint density at radius 3 is 2.38 bits per heavy atom. The van der Waals surface area contributed by atoms with Crippen LogP contribution >= 0.6 is 0 Å². The van der Waals surface area contributed by atoms with E-state index in [-0.39, 0.29) is 5.41 Å². The molecule has 0 saturated heterocycles. The van der Waals surface area contributed by atoms with Gasteiger partial charge < -0.3 is 0 Å². The summed E-state index contributed by atoms with van der Waals surface area (Å²) >= 11 is 0. The van der Waals surface area contributed by atoms with Crippen molar-refractivity contribution in [3.63, 3.8) is 0 Å². The van der Waals surface area contributed by atoms with Crippen LogP contribution in [0.1, 0.15) is 32.3 Å². The third kappa shape index (κ3) is 2.11. The van der Waals surface area contributed by atoms with Crippen LogP contribution in [-0.2, 0) is 0 Å². The third-order valence-corrected chi connectivity index (χ3v) is 3.68. The van der Waals surface area contributed by atoms with Gasteiger partial charge in [-0.2, -0.15) is 0 Å². The second-order valence-corrected chi connectivity index (χ2v) is 5.29. The molecule has 0 saturated carbocycles. The summed E-state index contributed by atoms with van der Waals surface area (Å²) in [6, 6.07) is 10.8. The molecule has 2 atom stereocenters. The van der Waals surface area contributed by atoms with E-state index < -0.39 is 0 Å². The maximum Gasteiger partial charge on any atom is -0.00781 e. The topological polar surface area (TPSA) is 0 Å². The minimum Gasteiger partial charge on any atom is -0.0800 e. The van der Waals surface area contributed by atoms with Crippen molar-refractivity contribution in [2.45, 2.75) is 26.7 Å². The van der Waals surface area contributed by atoms with Crippen LogP contribution in [0.4, 0.5) is 0 Å². The predicted octanol–water partition coefficient (Wildman–Crippen LogP) is 4.56. The number of rotatable bonds is 2. The van der Waals surface area contributed by atoms with Gasteiger partial charge in [-0.15, -0.1) is 0 Å². The Bertz CT molecular complexity index is 395. The van der Waals surface area contributed by atoms with Crippen LogP contribution in [0.15, 0.2) is 54.6 Å². The average Bonchev–Trinajstić information content (AvgIpc) is 2.29. The van der Waals surface area contributed by atoms with Gasteiger partial charge in [-0.05, 0) is 22.8 Å². The second kappa shape index (κ2) is 4.29. The Labute approximate surface area is 98.7 Å². The van der Waals surface area contributed by atoms with Gasteiger partial charge >= 0.3 is 0 Å². The molecule has 16 heavy (non-hydrogen) atoms. The molecule has 84 valence electrons. The van der Waals surface area contributed by atoms with E-state index in [0.717, 1.165) is 0 Å². The van der Waals surface area contributed by atoms with Gasteiger partial charge in [-0.1, -0.05) is 75.4 Å². The summed E-state index contributed by atoms with van der Waals surface area (Å²) in [6.07, 6.45) is 9.00. The number of allylic oxidation sites excluding steroid dienone is 4. The molecule has 0 fully saturated rings. The smallest absolute Gasteiger partial charge is 0.00781 e. The lowest BCUT2D eigenvalue weighted by Crippen LogP contribution is -2.26. The second-order valence-electron chi connectivity index (χ2n) is 5.29. The van der Waals surface area contributed by atoms with Crippen LogP contribution in [0.2, 0.25) is 0 Å². The zero-order chi connectivity index (χ0) is 11.6. The molecule has 1 aliphatic rings. The monoisotopic (exact) mass is 212 g/mol. The van der Waals surface area contributed by atoms with Gasteiger partial charge in [0.15, 0.2) is 0 Å². The minimum atomic E-state index is 0.254. The van der Waals surface area contributed by atoms with Gasteiger partial charge in [0.05, 0.1) is 0 Å². The van der Waals surface area contributed by atoms with Crippen molar-refractivity contribution in [1.82, 2.24) is 0 Å². The largest absolute Gasteiger partial charge is 0.0800 e. The molecule has 0 amide bonds. The summed E-state index contributed by atoms with van der Waals surface area (Å²) < 4.78 is 0. The summed E-state index contributed by atoms with van der Waals surface area (Å²) in [4.78, 5) is 0. The van der Waals surface area contributed by atoms with E-state index >= 15 is 0 Å². The van der Waals surface area contributed by atoms with Crippen molar-refractivity contribution in [2.75, 3.05) is 0 Å². The van der Waals surface area contributed by atoms with E-state index in [4.69, 9.17) is 0 Å². The fourth-order valence-electron chi connectivity index (χ4n) is 2.62. The number of hydrogen-bond donors (Lipinski definition) is 0. The van der Waals surface area contributed by atoms with Gasteiger partial charge in [-0.25, -0.2) is 0 Å². The van der Waals surface area contributed by atoms with E-state index in [1.165, 1.54) is 5.56 Å². The fraction of sp³-hybridized carbons (Fsp3) is 0.375. The van der Waals surface area contributed by atoms with E-state index in [2.05, 4.69) is 75.4 Å². The van der Waals surface area contributed by atoms with Crippen molar-refractivity contribution in [3.8, 4) is 0 Å². The molecule has 0 N–H and O–H groups in total. The first-order chi connectivity index (χ1) is 7.61. The van der Waals surface area contributed by atoms with Crippen LogP contribution in [0.25, 0.3) is 0 Å². The molecule has 2 unspecified atom stereocenters. The summed E-state index contributed by atoms with van der Waals surface area (Å²) in [7, 11) is 0. The third-order valence-electron chi connectivity index (χ3n) is 3.68. The lowest BCUT2D eigenvalue weighted by molar-refractivity contribution is 0.299. The molecule has 0 spiro atoms. The molecule has 2 rings (SSSR count). The SMILES string of the molecule is CC(c1ccccc1)C1C=CC=CC1(C)C. The summed E-state index contributed by atoms with van der Waals surface area (Å²) in [5.41, 5.74) is 1.69. The summed E-state index contributed by atoms with van der Waals surface area (Å²) in [5, 5.41) is 0. The summed E-state index contributed by atoms with van der Waals surface area (Å²) in [5.74, 6) is 1.15. The highest BCUT2D eigenvalue weighted by atomic mass is 14.3. The Morgan fingerprint density at radius 2 is 1.75 bits per heavy atom. The highest BCUT2D eigenvalue weighted by Crippen LogP contribution is 2.41. The molecule has 0 aromatic heterocycles. The Morgan fingerprint density at radius 1 is 1.06 bits per heavy atom. The first kappa shape index (κ1) is 11.2. The fourth-order valence-corrected chi connectivity index (χ4v) is 2.62. The molecule has 0 heterocycles. The number of benzene rings is 1. The van der Waals surface area contributed by atoms with E-state index in [1.54, 1.807) is 0 Å². The first-order valence-electron chi connectivity index (χ1n) is 6.02. The van der Waals surface area contributed by atoms with E-state index in [1.807, 2.05) is 0 Å². The Kier molecular flexibility index (Phi) is 3.00. The van der Waals surface area contributed by atoms with Gasteiger partial charge in [-0.3, -0.25) is 0 Å². The Hall–Kier alpha value is -1.30. The van der Waals surface area contributed by atoms with Crippen LogP contribution in [0, 0.1) is 11.3 Å². The molecule has 1 aliphatic carbocycles. The van der Waals surface area contributed by atoms with Crippen molar-refractivity contribution < 1.29 is 0 Å². The van der Waals surface area contributed by atoms with Crippen LogP contribution in [0.5, 0.6) is 0 Å². The quantitative estimate of drug-likeness (QED) is 0.674. The van der Waals surface area contributed by atoms with E-state index in [0.29, 0.717) is 11.8 Å². The predicted molar refractivity (Wildman–Crippen MR) is 70.4 cm³/mol. The minimum absolute atomic E-state index is 0.254. The van der Waals surface area contributed by atoms with Crippen molar-refractivity contribution in [2.24, 2.45) is 11.3 Å². The highest BCUT2D eigenvalue weighted by molar-refractivity contribution is 5.26. The molecular weight excluding hydrogens is 192 g/mol. The molecule has 0 bridgehead atoms. The van der Waals surface area contributed by atoms with Gasteiger partial charge in [0.25, 0.3) is 0 Å². The molecule has 0 aliphatic heterocycles. The van der Waals surface area contributed by atoms with E-state index in [9.17, 15) is 0 Å². The van der Waals surface area contributed by atoms with Crippen molar-refractivity contribution >= 4 is 0 Å². The molecular formula is C16H20. The zero-order valence-electron chi connectivity index (χ0n) is 10.4. The zero-order valence-corrected chi connectivity index (χ0v) is 10.4. The van der Waals surface area contributed by atoms with Crippen LogP contribution < -0.4 is 0 Å². The van der Waals surface area contributed by atoms with Gasteiger partial charge in [0.2, 0.25) is 0 Å². The molecule has 1 aromatic rings. The van der Waals surface area contributed by atoms with Crippen LogP contribution in [0.3, 0.4) is 0 Å². The highest BCUT2D eigenvalue weighted by Gasteiger charge is 2.31. The number of hydrogen-bond acceptors (Lipinski definition) is 0. The maximum atomic E-state index is 2.34. The van der Waals surface area contributed by atoms with Crippen molar-refractivity contribution in [3.05, 3.63) is 60.2 Å². The molecule has 0 radical (unpaired) electrons.